The summed E-state index contributed by atoms with van der Waals surface area (Å²) in [6.07, 6.45) is 3.06. The van der Waals surface area contributed by atoms with Crippen LogP contribution in [0.3, 0.4) is 0 Å². The van der Waals surface area contributed by atoms with Crippen LogP contribution < -0.4 is 9.47 Å². The number of carbonyl (C=O) groups excluding carboxylic acids is 1. The first-order valence-electron chi connectivity index (χ1n) is 6.98. The summed E-state index contributed by atoms with van der Waals surface area (Å²) >= 11 is 0. The molecule has 1 fully saturated rings. The van der Waals surface area contributed by atoms with Gasteiger partial charge in [-0.05, 0) is 44.1 Å². The summed E-state index contributed by atoms with van der Waals surface area (Å²) in [5, 5.41) is 0. The summed E-state index contributed by atoms with van der Waals surface area (Å²) in [5.74, 6) is 1.59. The van der Waals surface area contributed by atoms with E-state index in [1.807, 2.05) is 12.1 Å². The third-order valence-corrected chi connectivity index (χ3v) is 3.71. The van der Waals surface area contributed by atoms with E-state index in [4.69, 9.17) is 9.47 Å². The number of likely N-dealkylation sites (tertiary alicyclic amines) is 1. The normalized spacial score (nSPS) is 19.1. The number of nitrogens with zero attached hydrogens (tertiary/aromatic N) is 1. The Kier molecular flexibility index (Phi) is 3.69. The van der Waals surface area contributed by atoms with E-state index in [1.165, 1.54) is 25.9 Å². The van der Waals surface area contributed by atoms with Crippen molar-refractivity contribution in [3.8, 4) is 11.5 Å². The maximum Gasteiger partial charge on any atom is 0.170 e. The predicted octanol–water partition coefficient (Wildman–Crippen LogP) is 2.13. The Bertz CT molecular complexity index is 466. The summed E-state index contributed by atoms with van der Waals surface area (Å²) < 4.78 is 11.2. The lowest BCUT2D eigenvalue weighted by atomic mass is 10.1. The van der Waals surface area contributed by atoms with Crippen molar-refractivity contribution in [2.24, 2.45) is 0 Å². The molecule has 0 aliphatic carbocycles. The van der Waals surface area contributed by atoms with Gasteiger partial charge < -0.3 is 9.47 Å². The van der Waals surface area contributed by atoms with E-state index >= 15 is 0 Å². The van der Waals surface area contributed by atoms with E-state index in [2.05, 4.69) is 4.90 Å². The van der Waals surface area contributed by atoms with E-state index < -0.39 is 0 Å². The van der Waals surface area contributed by atoms with Crippen LogP contribution >= 0.6 is 0 Å². The zero-order chi connectivity index (χ0) is 13.1. The van der Waals surface area contributed by atoms with Crippen molar-refractivity contribution in [1.29, 1.82) is 0 Å². The molecule has 0 spiro atoms. The predicted molar refractivity (Wildman–Crippen MR) is 72.1 cm³/mol. The molecule has 4 heteroatoms. The smallest absolute Gasteiger partial charge is 0.170 e. The number of benzene rings is 1. The van der Waals surface area contributed by atoms with Crippen molar-refractivity contribution in [3.05, 3.63) is 23.8 Å². The van der Waals surface area contributed by atoms with Crippen LogP contribution in [0, 0.1) is 0 Å². The molecule has 2 heterocycles. The maximum absolute atomic E-state index is 11.8. The van der Waals surface area contributed by atoms with Crippen LogP contribution in [-0.4, -0.2) is 43.5 Å². The molecule has 1 aromatic carbocycles. The van der Waals surface area contributed by atoms with Crippen molar-refractivity contribution in [1.82, 2.24) is 4.90 Å². The zero-order valence-corrected chi connectivity index (χ0v) is 11.1. The molecular formula is C15H19NO3. The molecule has 0 amide bonds. The topological polar surface area (TPSA) is 38.8 Å². The molecule has 0 radical (unpaired) electrons. The van der Waals surface area contributed by atoms with E-state index in [0.717, 1.165) is 12.3 Å². The van der Waals surface area contributed by atoms with Gasteiger partial charge in [-0.25, -0.2) is 0 Å². The average molecular weight is 261 g/mol. The van der Waals surface area contributed by atoms with Crippen LogP contribution in [0.5, 0.6) is 11.5 Å². The van der Waals surface area contributed by atoms with Gasteiger partial charge in [0.1, 0.15) is 18.1 Å². The van der Waals surface area contributed by atoms with Crippen molar-refractivity contribution in [3.63, 3.8) is 0 Å². The van der Waals surface area contributed by atoms with Gasteiger partial charge in [0.25, 0.3) is 0 Å². The zero-order valence-electron chi connectivity index (χ0n) is 11.1. The lowest BCUT2D eigenvalue weighted by molar-refractivity contribution is 0.0932. The van der Waals surface area contributed by atoms with E-state index in [0.29, 0.717) is 30.9 Å². The molecule has 0 atom stereocenters. The number of ether oxygens (including phenoxy) is 2. The minimum Gasteiger partial charge on any atom is -0.492 e. The lowest BCUT2D eigenvalue weighted by Crippen LogP contribution is -2.25. The quantitative estimate of drug-likeness (QED) is 0.832. The minimum absolute atomic E-state index is 0.145. The highest BCUT2D eigenvalue weighted by atomic mass is 16.5. The second-order valence-corrected chi connectivity index (χ2v) is 5.08. The second kappa shape index (κ2) is 5.61. The Hall–Kier alpha value is -1.55. The van der Waals surface area contributed by atoms with Gasteiger partial charge in [0.2, 0.25) is 0 Å². The van der Waals surface area contributed by atoms with Crippen molar-refractivity contribution < 1.29 is 14.3 Å². The molecule has 0 unspecified atom stereocenters. The molecule has 102 valence electrons. The molecule has 1 saturated heterocycles. The van der Waals surface area contributed by atoms with E-state index in [9.17, 15) is 4.79 Å². The Labute approximate surface area is 113 Å². The van der Waals surface area contributed by atoms with Crippen LogP contribution in [0.4, 0.5) is 0 Å². The standard InChI is InChI=1S/C15H19NO3/c17-14-5-9-19-15-4-3-12(11-13(14)15)18-10-8-16-6-1-2-7-16/h3-4,11H,1-2,5-10H2. The van der Waals surface area contributed by atoms with Gasteiger partial charge in [0, 0.05) is 13.0 Å². The molecule has 0 saturated carbocycles. The van der Waals surface area contributed by atoms with Crippen LogP contribution in [0.1, 0.15) is 29.6 Å². The van der Waals surface area contributed by atoms with Crippen LogP contribution in [0.2, 0.25) is 0 Å². The first-order valence-corrected chi connectivity index (χ1v) is 6.98. The average Bonchev–Trinajstić information content (AvgIpc) is 2.93. The molecule has 19 heavy (non-hydrogen) atoms. The van der Waals surface area contributed by atoms with Crippen LogP contribution in [-0.2, 0) is 0 Å². The monoisotopic (exact) mass is 261 g/mol. The Balaban J connectivity index is 1.58. The van der Waals surface area contributed by atoms with Gasteiger partial charge in [-0.1, -0.05) is 0 Å². The fourth-order valence-electron chi connectivity index (χ4n) is 2.63. The second-order valence-electron chi connectivity index (χ2n) is 5.08. The third kappa shape index (κ3) is 2.89. The molecule has 2 aliphatic rings. The molecule has 1 aromatic rings. The van der Waals surface area contributed by atoms with Gasteiger partial charge in [0.15, 0.2) is 5.78 Å². The number of hydrogen-bond donors (Lipinski definition) is 0. The molecular weight excluding hydrogens is 242 g/mol. The molecule has 4 nitrogen and oxygen atoms in total. The fourth-order valence-corrected chi connectivity index (χ4v) is 2.63. The van der Waals surface area contributed by atoms with Crippen LogP contribution in [0.25, 0.3) is 0 Å². The van der Waals surface area contributed by atoms with Crippen LogP contribution in [0.15, 0.2) is 18.2 Å². The van der Waals surface area contributed by atoms with Gasteiger partial charge in [-0.15, -0.1) is 0 Å². The summed E-state index contributed by atoms with van der Waals surface area (Å²) in [4.78, 5) is 14.2. The fraction of sp³-hybridized carbons (Fsp3) is 0.533. The molecule has 3 rings (SSSR count). The van der Waals surface area contributed by atoms with Gasteiger partial charge in [-0.3, -0.25) is 9.69 Å². The minimum atomic E-state index is 0.145. The number of ketones is 1. The first kappa shape index (κ1) is 12.5. The van der Waals surface area contributed by atoms with Gasteiger partial charge >= 0.3 is 0 Å². The highest BCUT2D eigenvalue weighted by Crippen LogP contribution is 2.28. The highest BCUT2D eigenvalue weighted by Gasteiger charge is 2.19. The summed E-state index contributed by atoms with van der Waals surface area (Å²) in [5.41, 5.74) is 0.657. The summed E-state index contributed by atoms with van der Waals surface area (Å²) in [6.45, 7) is 4.48. The Morgan fingerprint density at radius 3 is 2.95 bits per heavy atom. The number of hydrogen-bond acceptors (Lipinski definition) is 4. The van der Waals surface area contributed by atoms with Gasteiger partial charge in [-0.2, -0.15) is 0 Å². The molecule has 2 aliphatic heterocycles. The largest absolute Gasteiger partial charge is 0.492 e. The van der Waals surface area contributed by atoms with E-state index in [1.54, 1.807) is 6.07 Å². The van der Waals surface area contributed by atoms with E-state index in [-0.39, 0.29) is 5.78 Å². The Morgan fingerprint density at radius 2 is 2.11 bits per heavy atom. The maximum atomic E-state index is 11.8. The molecule has 0 N–H and O–H groups in total. The Morgan fingerprint density at radius 1 is 1.26 bits per heavy atom. The number of carbonyl (C=O) groups is 1. The lowest BCUT2D eigenvalue weighted by Gasteiger charge is -2.18. The molecule has 0 aromatic heterocycles. The SMILES string of the molecule is O=C1CCOc2ccc(OCCN3CCCC3)cc21. The number of fused-ring (bicyclic) bond motifs is 1. The highest BCUT2D eigenvalue weighted by molar-refractivity contribution is 5.99. The van der Waals surface area contributed by atoms with Crippen molar-refractivity contribution in [2.75, 3.05) is 32.8 Å². The number of Topliss-reactive ketones (excluding diaryl/α,β-unsaturated/α-hetero) is 1. The number of rotatable bonds is 4. The van der Waals surface area contributed by atoms with Gasteiger partial charge in [0.05, 0.1) is 12.2 Å². The third-order valence-electron chi connectivity index (χ3n) is 3.71. The first-order chi connectivity index (χ1) is 9.33. The molecule has 0 bridgehead atoms. The summed E-state index contributed by atoms with van der Waals surface area (Å²) in [7, 11) is 0. The van der Waals surface area contributed by atoms with Crippen molar-refractivity contribution >= 4 is 5.78 Å². The van der Waals surface area contributed by atoms with Crippen molar-refractivity contribution in [2.45, 2.75) is 19.3 Å². The summed E-state index contributed by atoms with van der Waals surface area (Å²) in [6, 6.07) is 5.51.